The Labute approximate surface area is 137 Å². The Bertz CT molecular complexity index is 607. The summed E-state index contributed by atoms with van der Waals surface area (Å²) in [5.74, 6) is 0. The average Bonchev–Trinajstić information content (AvgIpc) is 2.63. The van der Waals surface area contributed by atoms with Crippen LogP contribution in [-0.4, -0.2) is 37.9 Å². The maximum Gasteiger partial charge on any atom is 0.243 e. The Morgan fingerprint density at radius 3 is 2.67 bits per heavy atom. The van der Waals surface area contributed by atoms with E-state index in [2.05, 4.69) is 5.32 Å². The molecule has 1 N–H and O–H groups in total. The lowest BCUT2D eigenvalue weighted by molar-refractivity contribution is 0.334. The Hall–Kier alpha value is -0.330. The van der Waals surface area contributed by atoms with Gasteiger partial charge >= 0.3 is 0 Å². The van der Waals surface area contributed by atoms with E-state index in [1.165, 1.54) is 0 Å². The molecule has 0 aliphatic carbocycles. The molecule has 2 unspecified atom stereocenters. The van der Waals surface area contributed by atoms with Crippen molar-refractivity contribution in [2.24, 2.45) is 0 Å². The van der Waals surface area contributed by atoms with Gasteiger partial charge in [0, 0.05) is 23.7 Å². The van der Waals surface area contributed by atoms with E-state index < -0.39 is 10.0 Å². The van der Waals surface area contributed by atoms with Crippen LogP contribution in [0.5, 0.6) is 0 Å². The molecule has 2 heterocycles. The number of hydrogen-bond acceptors (Lipinski definition) is 3. The quantitative estimate of drug-likeness (QED) is 0.891. The van der Waals surface area contributed by atoms with Crippen LogP contribution in [-0.2, 0) is 10.0 Å². The summed E-state index contributed by atoms with van der Waals surface area (Å²) in [5.41, 5.74) is 0.717. The molecular weight excluding hydrogens is 331 g/mol. The second-order valence-corrected chi connectivity index (χ2v) is 7.87. The summed E-state index contributed by atoms with van der Waals surface area (Å²) in [6, 6.07) is 5.22. The van der Waals surface area contributed by atoms with Gasteiger partial charge in [-0.15, -0.1) is 12.4 Å². The number of fused-ring (bicyclic) bond motifs is 2. The van der Waals surface area contributed by atoms with Crippen molar-refractivity contribution >= 4 is 34.0 Å². The molecule has 2 aliphatic rings. The maximum absolute atomic E-state index is 13.0. The van der Waals surface area contributed by atoms with Crippen LogP contribution in [0.15, 0.2) is 23.1 Å². The molecule has 118 valence electrons. The van der Waals surface area contributed by atoms with Crippen molar-refractivity contribution in [2.45, 2.75) is 43.2 Å². The van der Waals surface area contributed by atoms with E-state index in [1.54, 1.807) is 29.4 Å². The minimum absolute atomic E-state index is 0. The maximum atomic E-state index is 13.0. The minimum Gasteiger partial charge on any atom is -0.315 e. The predicted octanol–water partition coefficient (Wildman–Crippen LogP) is 2.59. The van der Waals surface area contributed by atoms with E-state index in [9.17, 15) is 8.42 Å². The highest BCUT2D eigenvalue weighted by Gasteiger charge is 2.43. The topological polar surface area (TPSA) is 49.4 Å². The first-order valence-corrected chi connectivity index (χ1v) is 8.82. The number of halogens is 2. The van der Waals surface area contributed by atoms with E-state index in [1.807, 2.05) is 0 Å². The second-order valence-electron chi connectivity index (χ2n) is 5.62. The van der Waals surface area contributed by atoms with Crippen LogP contribution in [0.25, 0.3) is 0 Å². The molecule has 0 radical (unpaired) electrons. The highest BCUT2D eigenvalue weighted by atomic mass is 35.5. The van der Waals surface area contributed by atoms with Gasteiger partial charge in [0.1, 0.15) is 0 Å². The minimum atomic E-state index is -3.43. The number of hydrogen-bond donors (Lipinski definition) is 1. The number of aryl methyl sites for hydroxylation is 1. The van der Waals surface area contributed by atoms with Crippen LogP contribution in [0, 0.1) is 6.92 Å². The van der Waals surface area contributed by atoms with E-state index >= 15 is 0 Å². The predicted molar refractivity (Wildman–Crippen MR) is 86.8 cm³/mol. The van der Waals surface area contributed by atoms with Crippen LogP contribution in [0.3, 0.4) is 0 Å². The lowest BCUT2D eigenvalue weighted by Crippen LogP contribution is -2.42. The summed E-state index contributed by atoms with van der Waals surface area (Å²) in [6.45, 7) is 3.45. The fraction of sp³-hybridized carbons (Fsp3) is 0.571. The van der Waals surface area contributed by atoms with Crippen LogP contribution in [0.1, 0.15) is 24.8 Å². The highest BCUT2D eigenvalue weighted by molar-refractivity contribution is 7.89. The summed E-state index contributed by atoms with van der Waals surface area (Å²) in [4.78, 5) is 0.390. The van der Waals surface area contributed by atoms with Gasteiger partial charge in [-0.2, -0.15) is 4.31 Å². The van der Waals surface area contributed by atoms with Gasteiger partial charge in [-0.05, 0) is 56.5 Å². The van der Waals surface area contributed by atoms with Gasteiger partial charge in [-0.25, -0.2) is 8.42 Å². The third-order valence-electron chi connectivity index (χ3n) is 4.28. The molecular formula is C14H20Cl2N2O2S. The number of rotatable bonds is 2. The SMILES string of the molecule is Cc1cc(Cl)ccc1S(=O)(=O)N1C2CCNCC1CC2.Cl. The van der Waals surface area contributed by atoms with Crippen LogP contribution < -0.4 is 5.32 Å². The molecule has 0 aromatic heterocycles. The summed E-state index contributed by atoms with van der Waals surface area (Å²) >= 11 is 5.93. The zero-order valence-electron chi connectivity index (χ0n) is 11.9. The third-order valence-corrected chi connectivity index (χ3v) is 6.68. The van der Waals surface area contributed by atoms with E-state index in [-0.39, 0.29) is 24.5 Å². The zero-order valence-corrected chi connectivity index (χ0v) is 14.3. The van der Waals surface area contributed by atoms with Gasteiger partial charge in [-0.3, -0.25) is 0 Å². The van der Waals surface area contributed by atoms with Crippen molar-refractivity contribution in [2.75, 3.05) is 13.1 Å². The summed E-state index contributed by atoms with van der Waals surface area (Å²) in [7, 11) is -3.43. The fourth-order valence-electron chi connectivity index (χ4n) is 3.35. The van der Waals surface area contributed by atoms with Gasteiger partial charge in [-0.1, -0.05) is 11.6 Å². The molecule has 0 spiro atoms. The normalized spacial score (nSPS) is 26.2. The molecule has 4 nitrogen and oxygen atoms in total. The largest absolute Gasteiger partial charge is 0.315 e. The van der Waals surface area contributed by atoms with Crippen molar-refractivity contribution in [1.82, 2.24) is 9.62 Å². The molecule has 7 heteroatoms. The Kier molecular flexibility index (Phi) is 5.21. The number of nitrogens with zero attached hydrogens (tertiary/aromatic N) is 1. The lowest BCUT2D eigenvalue weighted by atomic mass is 10.1. The molecule has 0 amide bonds. The van der Waals surface area contributed by atoms with Crippen molar-refractivity contribution in [1.29, 1.82) is 0 Å². The highest BCUT2D eigenvalue weighted by Crippen LogP contribution is 2.35. The molecule has 2 bridgehead atoms. The molecule has 2 aliphatic heterocycles. The molecule has 3 rings (SSSR count). The molecule has 2 atom stereocenters. The van der Waals surface area contributed by atoms with Gasteiger partial charge in [0.2, 0.25) is 10.0 Å². The number of benzene rings is 1. The van der Waals surface area contributed by atoms with Gasteiger partial charge in [0.25, 0.3) is 0 Å². The molecule has 21 heavy (non-hydrogen) atoms. The molecule has 2 fully saturated rings. The van der Waals surface area contributed by atoms with E-state index in [0.29, 0.717) is 15.5 Å². The third kappa shape index (κ3) is 3.08. The van der Waals surface area contributed by atoms with Crippen LogP contribution in [0.2, 0.25) is 5.02 Å². The van der Waals surface area contributed by atoms with Crippen LogP contribution in [0.4, 0.5) is 0 Å². The monoisotopic (exact) mass is 350 g/mol. The summed E-state index contributed by atoms with van der Waals surface area (Å²) in [5, 5.41) is 3.90. The number of sulfonamides is 1. The summed E-state index contributed by atoms with van der Waals surface area (Å²) < 4.78 is 27.7. The van der Waals surface area contributed by atoms with Gasteiger partial charge in [0.15, 0.2) is 0 Å². The van der Waals surface area contributed by atoms with Crippen molar-refractivity contribution < 1.29 is 8.42 Å². The van der Waals surface area contributed by atoms with E-state index in [4.69, 9.17) is 11.6 Å². The Morgan fingerprint density at radius 2 is 1.95 bits per heavy atom. The van der Waals surface area contributed by atoms with Gasteiger partial charge < -0.3 is 5.32 Å². The molecule has 1 aromatic rings. The van der Waals surface area contributed by atoms with Crippen molar-refractivity contribution in [3.05, 3.63) is 28.8 Å². The second kappa shape index (κ2) is 6.42. The van der Waals surface area contributed by atoms with Gasteiger partial charge in [0.05, 0.1) is 4.90 Å². The smallest absolute Gasteiger partial charge is 0.243 e. The van der Waals surface area contributed by atoms with Crippen molar-refractivity contribution in [3.8, 4) is 0 Å². The number of nitrogens with one attached hydrogen (secondary N) is 1. The fourth-order valence-corrected chi connectivity index (χ4v) is 5.68. The zero-order chi connectivity index (χ0) is 14.3. The van der Waals surface area contributed by atoms with Crippen molar-refractivity contribution in [3.63, 3.8) is 0 Å². The van der Waals surface area contributed by atoms with Crippen LogP contribution >= 0.6 is 24.0 Å². The molecule has 1 aromatic carbocycles. The first-order valence-electron chi connectivity index (χ1n) is 7.00. The Morgan fingerprint density at radius 1 is 1.24 bits per heavy atom. The lowest BCUT2D eigenvalue weighted by Gasteiger charge is -2.27. The summed E-state index contributed by atoms with van der Waals surface area (Å²) in [6.07, 6.45) is 2.81. The first kappa shape index (κ1) is 17.0. The Balaban J connectivity index is 0.00000161. The first-order chi connectivity index (χ1) is 9.50. The molecule has 2 saturated heterocycles. The average molecular weight is 351 g/mol. The van der Waals surface area contributed by atoms with E-state index in [0.717, 1.165) is 32.4 Å². The molecule has 0 saturated carbocycles. The standard InChI is InChI=1S/C14H19ClN2O2S.ClH/c1-10-8-11(15)2-5-14(10)20(18,19)17-12-3-4-13(17)9-16-7-6-12;/h2,5,8,12-13,16H,3-4,6-7,9H2,1H3;1H.